The fourth-order valence-corrected chi connectivity index (χ4v) is 5.11. The molecule has 0 bridgehead atoms. The van der Waals surface area contributed by atoms with Gasteiger partial charge in [0.15, 0.2) is 0 Å². The van der Waals surface area contributed by atoms with Crippen LogP contribution in [0.15, 0.2) is 24.3 Å². The molecule has 2 aliphatic heterocycles. The molecule has 3 amide bonds. The van der Waals surface area contributed by atoms with Gasteiger partial charge in [-0.25, -0.2) is 0 Å². The number of benzene rings is 1. The van der Waals surface area contributed by atoms with E-state index in [1.165, 1.54) is 0 Å². The van der Waals surface area contributed by atoms with Gasteiger partial charge >= 0.3 is 0 Å². The minimum atomic E-state index is -0.683. The van der Waals surface area contributed by atoms with Crippen LogP contribution in [0.5, 0.6) is 5.75 Å². The Morgan fingerprint density at radius 1 is 1.14 bits per heavy atom. The van der Waals surface area contributed by atoms with Gasteiger partial charge in [-0.2, -0.15) is 0 Å². The summed E-state index contributed by atoms with van der Waals surface area (Å²) in [7, 11) is 1.63. The van der Waals surface area contributed by atoms with Gasteiger partial charge in [-0.1, -0.05) is 26.0 Å². The summed E-state index contributed by atoms with van der Waals surface area (Å²) in [5.41, 5.74) is 7.04. The minimum absolute atomic E-state index is 0.0192. The highest BCUT2D eigenvalue weighted by atomic mass is 16.5. The molecule has 0 aliphatic carbocycles. The van der Waals surface area contributed by atoms with Crippen molar-refractivity contribution >= 4 is 17.7 Å². The van der Waals surface area contributed by atoms with Crippen LogP contribution in [0.3, 0.4) is 0 Å². The lowest BCUT2D eigenvalue weighted by atomic mass is 9.92. The number of nitrogens with zero attached hydrogens (tertiary/aromatic N) is 1. The van der Waals surface area contributed by atoms with Gasteiger partial charge < -0.3 is 31.3 Å². The van der Waals surface area contributed by atoms with Gasteiger partial charge in [-0.05, 0) is 62.8 Å². The van der Waals surface area contributed by atoms with E-state index < -0.39 is 18.1 Å². The number of hydrogen-bond acceptors (Lipinski definition) is 6. The Morgan fingerprint density at radius 3 is 2.51 bits per heavy atom. The molecule has 0 spiro atoms. The molecule has 9 nitrogen and oxygen atoms in total. The first kappa shape index (κ1) is 26.9. The molecule has 0 aromatic heterocycles. The zero-order valence-electron chi connectivity index (χ0n) is 21.2. The van der Waals surface area contributed by atoms with Gasteiger partial charge in [0.1, 0.15) is 17.8 Å². The van der Waals surface area contributed by atoms with Crippen molar-refractivity contribution in [1.82, 2.24) is 20.9 Å². The number of rotatable bonds is 11. The summed E-state index contributed by atoms with van der Waals surface area (Å²) in [4.78, 5) is 41.3. The molecule has 0 radical (unpaired) electrons. The molecule has 2 heterocycles. The molecule has 194 valence electrons. The third-order valence-electron chi connectivity index (χ3n) is 7.27. The average Bonchev–Trinajstić information content (AvgIpc) is 3.26. The Balaban J connectivity index is 1.67. The Bertz CT molecular complexity index is 862. The molecule has 1 aromatic rings. The second-order valence-corrected chi connectivity index (χ2v) is 9.53. The van der Waals surface area contributed by atoms with Gasteiger partial charge in [0, 0.05) is 25.0 Å². The average molecular weight is 488 g/mol. The van der Waals surface area contributed by atoms with Gasteiger partial charge in [0.25, 0.3) is 0 Å². The first-order chi connectivity index (χ1) is 16.9. The molecular weight excluding hydrogens is 446 g/mol. The van der Waals surface area contributed by atoms with Crippen LogP contribution in [0.4, 0.5) is 0 Å². The molecule has 5 atom stereocenters. The first-order valence-corrected chi connectivity index (χ1v) is 12.9. The minimum Gasteiger partial charge on any atom is -0.497 e. The maximum atomic E-state index is 13.8. The summed E-state index contributed by atoms with van der Waals surface area (Å²) in [6.45, 7) is 5.77. The highest BCUT2D eigenvalue weighted by molar-refractivity contribution is 5.94. The zero-order chi connectivity index (χ0) is 25.4. The van der Waals surface area contributed by atoms with Crippen molar-refractivity contribution in [1.29, 1.82) is 0 Å². The third kappa shape index (κ3) is 6.73. The number of nitrogens with one attached hydrogen (secondary N) is 3. The summed E-state index contributed by atoms with van der Waals surface area (Å²) in [6.07, 6.45) is 4.25. The monoisotopic (exact) mass is 487 g/mol. The van der Waals surface area contributed by atoms with E-state index in [2.05, 4.69) is 16.0 Å². The van der Waals surface area contributed by atoms with Crippen molar-refractivity contribution in [3.8, 4) is 5.75 Å². The van der Waals surface area contributed by atoms with Gasteiger partial charge in [-0.3, -0.25) is 14.4 Å². The van der Waals surface area contributed by atoms with Gasteiger partial charge in [-0.15, -0.1) is 0 Å². The molecular formula is C26H41N5O4. The van der Waals surface area contributed by atoms with E-state index in [0.29, 0.717) is 32.4 Å². The van der Waals surface area contributed by atoms with Gasteiger partial charge in [0.2, 0.25) is 17.7 Å². The number of ether oxygens (including phenoxy) is 1. The number of hydrogen-bond donors (Lipinski definition) is 4. The normalized spacial score (nSPS) is 24.9. The lowest BCUT2D eigenvalue weighted by Gasteiger charge is -2.32. The van der Waals surface area contributed by atoms with Crippen LogP contribution in [0.2, 0.25) is 0 Å². The molecule has 0 saturated carbocycles. The largest absolute Gasteiger partial charge is 0.497 e. The standard InChI is InChI=1S/C26H41N5O4/c1-4-21(27)24(32)30-23-18(16-28-5-2)8-9-19-10-13-22(31(19)26(23)34)25(33)29-15-14-17-6-11-20(35-3)12-7-17/h6-7,11-12,18-19,21-23,28H,4-5,8-10,13-16,27H2,1-3H3,(H,29,33)(H,30,32)/t18-,19+,21+,22+,23+/m1/s1. The Kier molecular flexibility index (Phi) is 9.92. The summed E-state index contributed by atoms with van der Waals surface area (Å²) >= 11 is 0. The zero-order valence-corrected chi connectivity index (χ0v) is 21.2. The van der Waals surface area contributed by atoms with Crippen molar-refractivity contribution < 1.29 is 19.1 Å². The van der Waals surface area contributed by atoms with Crippen LogP contribution in [0.1, 0.15) is 51.5 Å². The van der Waals surface area contributed by atoms with Crippen molar-refractivity contribution in [2.24, 2.45) is 11.7 Å². The highest BCUT2D eigenvalue weighted by Gasteiger charge is 2.47. The number of carbonyl (C=O) groups excluding carboxylic acids is 3. The predicted octanol–water partition coefficient (Wildman–Crippen LogP) is 0.955. The second kappa shape index (κ2) is 12.9. The van der Waals surface area contributed by atoms with Crippen LogP contribution < -0.4 is 26.4 Å². The fraction of sp³-hybridized carbons (Fsp3) is 0.654. The molecule has 2 saturated heterocycles. The Hall–Kier alpha value is -2.65. The van der Waals surface area contributed by atoms with E-state index >= 15 is 0 Å². The maximum absolute atomic E-state index is 13.8. The number of carbonyl (C=O) groups is 3. The quantitative estimate of drug-likeness (QED) is 0.368. The molecule has 3 rings (SSSR count). The second-order valence-electron chi connectivity index (χ2n) is 9.53. The number of fused-ring (bicyclic) bond motifs is 1. The maximum Gasteiger partial charge on any atom is 0.246 e. The van der Waals surface area contributed by atoms with Crippen LogP contribution >= 0.6 is 0 Å². The smallest absolute Gasteiger partial charge is 0.246 e. The predicted molar refractivity (Wildman–Crippen MR) is 135 cm³/mol. The molecule has 5 N–H and O–H groups in total. The summed E-state index contributed by atoms with van der Waals surface area (Å²) < 4.78 is 5.19. The Morgan fingerprint density at radius 2 is 1.86 bits per heavy atom. The number of nitrogens with two attached hydrogens (primary N) is 1. The van der Waals surface area contributed by atoms with E-state index in [9.17, 15) is 14.4 Å². The van der Waals surface area contributed by atoms with Gasteiger partial charge in [0.05, 0.1) is 13.2 Å². The number of amides is 3. The molecule has 1 aromatic carbocycles. The topological polar surface area (TPSA) is 126 Å². The molecule has 2 fully saturated rings. The number of methoxy groups -OCH3 is 1. The summed E-state index contributed by atoms with van der Waals surface area (Å²) in [5.74, 6) is 0.142. The molecule has 9 heteroatoms. The van der Waals surface area contributed by atoms with E-state index in [0.717, 1.165) is 37.1 Å². The van der Waals surface area contributed by atoms with E-state index in [1.54, 1.807) is 12.0 Å². The van der Waals surface area contributed by atoms with Crippen molar-refractivity contribution in [2.75, 3.05) is 26.7 Å². The van der Waals surface area contributed by atoms with E-state index in [1.807, 2.05) is 38.1 Å². The third-order valence-corrected chi connectivity index (χ3v) is 7.27. The van der Waals surface area contributed by atoms with Crippen molar-refractivity contribution in [2.45, 2.75) is 76.5 Å². The van der Waals surface area contributed by atoms with Crippen LogP contribution in [0.25, 0.3) is 0 Å². The SMILES string of the molecule is CCNC[C@H]1CC[C@H]2CC[C@@H](C(=O)NCCc3ccc(OC)cc3)N2C(=O)[C@H]1NC(=O)[C@@H](N)CC. The van der Waals surface area contributed by atoms with E-state index in [-0.39, 0.29) is 29.7 Å². The highest BCUT2D eigenvalue weighted by Crippen LogP contribution is 2.34. The summed E-state index contributed by atoms with van der Waals surface area (Å²) in [5, 5.41) is 9.27. The van der Waals surface area contributed by atoms with Crippen molar-refractivity contribution in [3.05, 3.63) is 29.8 Å². The lowest BCUT2D eigenvalue weighted by molar-refractivity contribution is -0.143. The summed E-state index contributed by atoms with van der Waals surface area (Å²) in [6, 6.07) is 5.93. The molecule has 35 heavy (non-hydrogen) atoms. The van der Waals surface area contributed by atoms with Crippen LogP contribution in [-0.2, 0) is 20.8 Å². The van der Waals surface area contributed by atoms with E-state index in [4.69, 9.17) is 10.5 Å². The Labute approximate surface area is 208 Å². The van der Waals surface area contributed by atoms with Crippen molar-refractivity contribution in [3.63, 3.8) is 0 Å². The lowest BCUT2D eigenvalue weighted by Crippen LogP contribution is -2.58. The first-order valence-electron chi connectivity index (χ1n) is 12.9. The fourth-order valence-electron chi connectivity index (χ4n) is 5.11. The molecule has 2 aliphatic rings. The van der Waals surface area contributed by atoms with Crippen LogP contribution in [0, 0.1) is 5.92 Å². The van der Waals surface area contributed by atoms with Crippen LogP contribution in [-0.4, -0.2) is 73.5 Å². The molecule has 0 unspecified atom stereocenters.